The summed E-state index contributed by atoms with van der Waals surface area (Å²) in [4.78, 5) is 1.38. The van der Waals surface area contributed by atoms with Crippen LogP contribution in [0.2, 0.25) is 5.02 Å². The predicted octanol–water partition coefficient (Wildman–Crippen LogP) is 0.771. The molecule has 0 unspecified atom stereocenters. The van der Waals surface area contributed by atoms with E-state index in [1.807, 2.05) is 24.3 Å². The number of anilines is 1. The maximum Gasteiger partial charge on any atom is 0.171 e. The minimum atomic E-state index is 0.606. The molecular weight excluding hydrogens is 242 g/mol. The van der Waals surface area contributed by atoms with Crippen LogP contribution in [0.4, 0.5) is 5.69 Å². The van der Waals surface area contributed by atoms with Crippen molar-refractivity contribution in [3.63, 3.8) is 0 Å². The number of thiocarbonyl (C=S) groups is 1. The van der Waals surface area contributed by atoms with Gasteiger partial charge in [0.05, 0.1) is 37.9 Å². The second kappa shape index (κ2) is 6.68. The van der Waals surface area contributed by atoms with E-state index in [2.05, 4.69) is 24.7 Å². The van der Waals surface area contributed by atoms with E-state index in [0.29, 0.717) is 10.1 Å². The quantitative estimate of drug-likeness (QED) is 0.697. The van der Waals surface area contributed by atoms with Crippen LogP contribution in [0, 0.1) is 0 Å². The van der Waals surface area contributed by atoms with Crippen molar-refractivity contribution < 1.29 is 4.90 Å². The number of nitrogens with one attached hydrogen (secondary N) is 3. The molecule has 0 aliphatic carbocycles. The molecular formula is C11H17ClN3S+. The highest BCUT2D eigenvalue weighted by atomic mass is 35.5. The number of halogens is 1. The lowest BCUT2D eigenvalue weighted by Gasteiger charge is -2.12. The summed E-state index contributed by atoms with van der Waals surface area (Å²) < 4.78 is 0. The van der Waals surface area contributed by atoms with Crippen molar-refractivity contribution in [3.8, 4) is 0 Å². The van der Waals surface area contributed by atoms with Gasteiger partial charge in [0.25, 0.3) is 0 Å². The summed E-state index contributed by atoms with van der Waals surface area (Å²) in [7, 11) is 4.21. The van der Waals surface area contributed by atoms with Crippen LogP contribution in [0.1, 0.15) is 0 Å². The van der Waals surface area contributed by atoms with E-state index in [0.717, 1.165) is 18.8 Å². The van der Waals surface area contributed by atoms with Crippen LogP contribution < -0.4 is 15.5 Å². The number of likely N-dealkylation sites (N-methyl/N-ethyl adjacent to an activating group) is 1. The average molecular weight is 259 g/mol. The average Bonchev–Trinajstić information content (AvgIpc) is 2.21. The Balaban J connectivity index is 2.37. The molecule has 0 atom stereocenters. The summed E-state index contributed by atoms with van der Waals surface area (Å²) in [6.07, 6.45) is 0. The molecule has 0 amide bonds. The molecule has 88 valence electrons. The fourth-order valence-electron chi connectivity index (χ4n) is 1.16. The van der Waals surface area contributed by atoms with Gasteiger partial charge in [-0.15, -0.1) is 0 Å². The lowest BCUT2D eigenvalue weighted by Crippen LogP contribution is -3.06. The first-order valence-electron chi connectivity index (χ1n) is 5.18. The monoisotopic (exact) mass is 258 g/mol. The van der Waals surface area contributed by atoms with E-state index in [1.54, 1.807) is 0 Å². The number of hydrogen-bond acceptors (Lipinski definition) is 1. The minimum absolute atomic E-state index is 0.606. The van der Waals surface area contributed by atoms with Crippen LogP contribution in [0.3, 0.4) is 0 Å². The molecule has 0 bridgehead atoms. The van der Waals surface area contributed by atoms with Gasteiger partial charge in [-0.3, -0.25) is 0 Å². The van der Waals surface area contributed by atoms with Gasteiger partial charge in [-0.1, -0.05) is 23.7 Å². The van der Waals surface area contributed by atoms with Crippen molar-refractivity contribution in [1.29, 1.82) is 0 Å². The Hall–Kier alpha value is -0.840. The molecule has 16 heavy (non-hydrogen) atoms. The highest BCUT2D eigenvalue weighted by molar-refractivity contribution is 7.80. The molecule has 0 aromatic heterocycles. The Labute approximate surface area is 107 Å². The SMILES string of the molecule is C[NH+](C)CCNC(=S)Nc1ccccc1Cl. The molecule has 1 rings (SSSR count). The van der Waals surface area contributed by atoms with Gasteiger partial charge in [-0.2, -0.15) is 0 Å². The summed E-state index contributed by atoms with van der Waals surface area (Å²) >= 11 is 11.2. The summed E-state index contributed by atoms with van der Waals surface area (Å²) in [6, 6.07) is 7.53. The van der Waals surface area contributed by atoms with Gasteiger partial charge in [-0.25, -0.2) is 0 Å². The molecule has 5 heteroatoms. The second-order valence-electron chi connectivity index (χ2n) is 3.82. The molecule has 0 saturated carbocycles. The molecule has 3 nitrogen and oxygen atoms in total. The van der Waals surface area contributed by atoms with Crippen molar-refractivity contribution >= 4 is 34.6 Å². The van der Waals surface area contributed by atoms with E-state index in [1.165, 1.54) is 4.90 Å². The van der Waals surface area contributed by atoms with Gasteiger partial charge >= 0.3 is 0 Å². The smallest absolute Gasteiger partial charge is 0.171 e. The summed E-state index contributed by atoms with van der Waals surface area (Å²) in [5, 5.41) is 7.47. The third kappa shape index (κ3) is 4.79. The first-order valence-corrected chi connectivity index (χ1v) is 5.96. The highest BCUT2D eigenvalue weighted by Crippen LogP contribution is 2.19. The Morgan fingerprint density at radius 2 is 2.06 bits per heavy atom. The Morgan fingerprint density at radius 3 is 2.69 bits per heavy atom. The standard InChI is InChI=1S/C11H16ClN3S/c1-15(2)8-7-13-11(16)14-10-6-4-3-5-9(10)12/h3-6H,7-8H2,1-2H3,(H2,13,14,16)/p+1. The van der Waals surface area contributed by atoms with Gasteiger partial charge in [-0.05, 0) is 24.4 Å². The van der Waals surface area contributed by atoms with E-state index in [9.17, 15) is 0 Å². The summed E-state index contributed by atoms with van der Waals surface area (Å²) in [6.45, 7) is 1.86. The van der Waals surface area contributed by atoms with Crippen molar-refractivity contribution in [1.82, 2.24) is 5.32 Å². The number of quaternary nitrogens is 1. The lowest BCUT2D eigenvalue weighted by molar-refractivity contribution is -0.856. The molecule has 0 aliphatic rings. The fourth-order valence-corrected chi connectivity index (χ4v) is 1.55. The maximum atomic E-state index is 6.00. The van der Waals surface area contributed by atoms with Crippen LogP contribution in [0.25, 0.3) is 0 Å². The normalized spacial score (nSPS) is 10.2. The number of benzene rings is 1. The van der Waals surface area contributed by atoms with Crippen LogP contribution in [0.15, 0.2) is 24.3 Å². The van der Waals surface area contributed by atoms with Crippen molar-refractivity contribution in [2.24, 2.45) is 0 Å². The highest BCUT2D eigenvalue weighted by Gasteiger charge is 2.01. The van der Waals surface area contributed by atoms with E-state index in [4.69, 9.17) is 23.8 Å². The van der Waals surface area contributed by atoms with E-state index < -0.39 is 0 Å². The van der Waals surface area contributed by atoms with Gasteiger partial charge in [0.15, 0.2) is 5.11 Å². The Kier molecular flexibility index (Phi) is 5.52. The molecule has 0 spiro atoms. The van der Waals surface area contributed by atoms with E-state index in [-0.39, 0.29) is 0 Å². The van der Waals surface area contributed by atoms with Gasteiger partial charge < -0.3 is 15.5 Å². The molecule has 0 radical (unpaired) electrons. The Bertz CT molecular complexity index is 355. The molecule has 0 aliphatic heterocycles. The molecule has 3 N–H and O–H groups in total. The number of rotatable bonds is 4. The third-order valence-corrected chi connectivity index (χ3v) is 2.61. The van der Waals surface area contributed by atoms with Crippen LogP contribution >= 0.6 is 23.8 Å². The minimum Gasteiger partial charge on any atom is -0.357 e. The molecule has 0 heterocycles. The number of hydrogen-bond donors (Lipinski definition) is 3. The Morgan fingerprint density at radius 1 is 1.38 bits per heavy atom. The fraction of sp³-hybridized carbons (Fsp3) is 0.364. The van der Waals surface area contributed by atoms with Gasteiger partial charge in [0.2, 0.25) is 0 Å². The van der Waals surface area contributed by atoms with Crippen molar-refractivity contribution in [2.45, 2.75) is 0 Å². The summed E-state index contributed by atoms with van der Waals surface area (Å²) in [5.41, 5.74) is 0.832. The zero-order valence-corrected chi connectivity index (χ0v) is 11.1. The molecule has 0 fully saturated rings. The first kappa shape index (κ1) is 13.2. The van der Waals surface area contributed by atoms with Gasteiger partial charge in [0.1, 0.15) is 0 Å². The van der Waals surface area contributed by atoms with Crippen molar-refractivity contribution in [3.05, 3.63) is 29.3 Å². The summed E-state index contributed by atoms with van der Waals surface area (Å²) in [5.74, 6) is 0. The van der Waals surface area contributed by atoms with Crippen LogP contribution in [0.5, 0.6) is 0 Å². The largest absolute Gasteiger partial charge is 0.357 e. The predicted molar refractivity (Wildman–Crippen MR) is 73.4 cm³/mol. The first-order chi connectivity index (χ1) is 7.59. The zero-order chi connectivity index (χ0) is 12.0. The molecule has 0 saturated heterocycles. The van der Waals surface area contributed by atoms with Crippen LogP contribution in [-0.2, 0) is 0 Å². The third-order valence-electron chi connectivity index (χ3n) is 2.03. The topological polar surface area (TPSA) is 28.5 Å². The second-order valence-corrected chi connectivity index (χ2v) is 4.63. The molecule has 1 aromatic carbocycles. The number of para-hydroxylation sites is 1. The maximum absolute atomic E-state index is 6.00. The van der Waals surface area contributed by atoms with Crippen LogP contribution in [-0.4, -0.2) is 32.3 Å². The molecule has 1 aromatic rings. The zero-order valence-electron chi connectivity index (χ0n) is 9.51. The van der Waals surface area contributed by atoms with Crippen molar-refractivity contribution in [2.75, 3.05) is 32.5 Å². The van der Waals surface area contributed by atoms with Gasteiger partial charge in [0, 0.05) is 0 Å². The van der Waals surface area contributed by atoms with E-state index >= 15 is 0 Å². The lowest BCUT2D eigenvalue weighted by atomic mass is 10.3.